The molecule has 7 heteroatoms. The maximum absolute atomic E-state index is 12.7. The first-order chi connectivity index (χ1) is 13.0. The Morgan fingerprint density at radius 1 is 1.19 bits per heavy atom. The van der Waals surface area contributed by atoms with Gasteiger partial charge >= 0.3 is 0 Å². The van der Waals surface area contributed by atoms with E-state index in [1.54, 1.807) is 6.20 Å². The molecule has 4 nitrogen and oxygen atoms in total. The van der Waals surface area contributed by atoms with Crippen molar-refractivity contribution >= 4 is 43.5 Å². The van der Waals surface area contributed by atoms with E-state index in [0.29, 0.717) is 5.02 Å². The molecule has 0 N–H and O–H groups in total. The van der Waals surface area contributed by atoms with Crippen LogP contribution in [0.15, 0.2) is 38.5 Å². The lowest BCUT2D eigenvalue weighted by atomic mass is 9.70. The number of nitrogens with zero attached hydrogens (tertiary/aromatic N) is 3. The van der Waals surface area contributed by atoms with Crippen LogP contribution in [0.4, 0.5) is 0 Å². The first-order valence-electron chi connectivity index (χ1n) is 9.12. The highest BCUT2D eigenvalue weighted by atomic mass is 79.9. The van der Waals surface area contributed by atoms with Crippen LogP contribution >= 0.6 is 43.5 Å². The Labute approximate surface area is 180 Å². The smallest absolute Gasteiger partial charge is 0.174 e. The van der Waals surface area contributed by atoms with E-state index in [0.717, 1.165) is 70.1 Å². The number of halogens is 3. The first kappa shape index (κ1) is 19.5. The van der Waals surface area contributed by atoms with Gasteiger partial charge in [-0.3, -0.25) is 4.98 Å². The maximum Gasteiger partial charge on any atom is 0.174 e. The van der Waals surface area contributed by atoms with Gasteiger partial charge in [0.2, 0.25) is 0 Å². The van der Waals surface area contributed by atoms with Gasteiger partial charge in [-0.05, 0) is 91.1 Å². The van der Waals surface area contributed by atoms with E-state index in [4.69, 9.17) is 16.6 Å². The monoisotopic (exact) mass is 511 g/mol. The lowest BCUT2D eigenvalue weighted by Crippen LogP contribution is -2.43. The molecule has 0 amide bonds. The SMILES string of the molecule is CN1CCC(C2(N=O)c3ncc(Br)cc3CCc3cc(Cl)cc(Br)c32)CC1. The number of pyridine rings is 1. The van der Waals surface area contributed by atoms with Crippen molar-refractivity contribution < 1.29 is 0 Å². The van der Waals surface area contributed by atoms with Gasteiger partial charge < -0.3 is 4.90 Å². The van der Waals surface area contributed by atoms with Crippen molar-refractivity contribution in [3.05, 3.63) is 65.7 Å². The van der Waals surface area contributed by atoms with Gasteiger partial charge in [-0.2, -0.15) is 0 Å². The standard InChI is InChI=1S/C20H20Br2ClN3O/c1-26-6-4-14(5-7-26)20(25-27)18-12(9-16(23)10-17(18)22)2-3-13-8-15(21)11-24-19(13)20/h8-11,14H,2-7H2,1H3. The highest BCUT2D eigenvalue weighted by Gasteiger charge is 2.50. The highest BCUT2D eigenvalue weighted by molar-refractivity contribution is 9.10. The lowest BCUT2D eigenvalue weighted by molar-refractivity contribution is 0.165. The van der Waals surface area contributed by atoms with Crippen LogP contribution in [-0.4, -0.2) is 30.0 Å². The molecule has 1 unspecified atom stereocenters. The van der Waals surface area contributed by atoms with E-state index in [1.807, 2.05) is 12.1 Å². The minimum Gasteiger partial charge on any atom is -0.306 e. The highest BCUT2D eigenvalue weighted by Crippen LogP contribution is 2.51. The van der Waals surface area contributed by atoms with Crippen molar-refractivity contribution in [3.8, 4) is 0 Å². The molecule has 1 aliphatic heterocycles. The fourth-order valence-electron chi connectivity index (χ4n) is 4.64. The van der Waals surface area contributed by atoms with Crippen LogP contribution in [0.1, 0.15) is 35.2 Å². The Morgan fingerprint density at radius 2 is 1.89 bits per heavy atom. The van der Waals surface area contributed by atoms with E-state index in [2.05, 4.69) is 55.1 Å². The molecule has 142 valence electrons. The number of hydrogen-bond donors (Lipinski definition) is 0. The summed E-state index contributed by atoms with van der Waals surface area (Å²) < 4.78 is 1.77. The quantitative estimate of drug-likeness (QED) is 0.483. The van der Waals surface area contributed by atoms with Crippen LogP contribution in [0.3, 0.4) is 0 Å². The van der Waals surface area contributed by atoms with Crippen LogP contribution in [0.2, 0.25) is 5.02 Å². The second-order valence-electron chi connectivity index (χ2n) is 7.52. The Balaban J connectivity index is 2.01. The van der Waals surface area contributed by atoms with E-state index in [-0.39, 0.29) is 5.92 Å². The zero-order chi connectivity index (χ0) is 19.2. The number of nitroso groups, excluding NO2 is 1. The third-order valence-corrected chi connectivity index (χ3v) is 7.21. The van der Waals surface area contributed by atoms with E-state index in [9.17, 15) is 4.91 Å². The molecule has 2 aliphatic rings. The van der Waals surface area contributed by atoms with Crippen molar-refractivity contribution in [2.75, 3.05) is 20.1 Å². The summed E-state index contributed by atoms with van der Waals surface area (Å²) in [6.45, 7) is 1.91. The van der Waals surface area contributed by atoms with Gasteiger partial charge in [0.25, 0.3) is 0 Å². The number of benzene rings is 1. The van der Waals surface area contributed by atoms with Crippen LogP contribution in [0.5, 0.6) is 0 Å². The number of hydrogen-bond acceptors (Lipinski definition) is 4. The Kier molecular flexibility index (Phi) is 5.45. The van der Waals surface area contributed by atoms with Crippen LogP contribution in [-0.2, 0) is 18.4 Å². The molecule has 2 aromatic rings. The van der Waals surface area contributed by atoms with Gasteiger partial charge in [0.15, 0.2) is 5.54 Å². The number of aromatic nitrogens is 1. The molecule has 4 rings (SSSR count). The summed E-state index contributed by atoms with van der Waals surface area (Å²) in [4.78, 5) is 19.8. The summed E-state index contributed by atoms with van der Waals surface area (Å²) in [6.07, 6.45) is 5.22. The normalized spacial score (nSPS) is 23.4. The largest absolute Gasteiger partial charge is 0.306 e. The zero-order valence-corrected chi connectivity index (χ0v) is 18.9. The van der Waals surface area contributed by atoms with E-state index in [1.165, 1.54) is 0 Å². The Morgan fingerprint density at radius 3 is 2.59 bits per heavy atom. The van der Waals surface area contributed by atoms with Crippen LogP contribution in [0.25, 0.3) is 0 Å². The molecule has 1 atom stereocenters. The zero-order valence-electron chi connectivity index (χ0n) is 15.0. The van der Waals surface area contributed by atoms with Crippen LogP contribution in [0, 0.1) is 10.8 Å². The molecular formula is C20H20Br2ClN3O. The molecule has 0 radical (unpaired) electrons. The molecule has 0 bridgehead atoms. The van der Waals surface area contributed by atoms with Gasteiger partial charge in [0.1, 0.15) is 0 Å². The van der Waals surface area contributed by atoms with Crippen LogP contribution < -0.4 is 0 Å². The summed E-state index contributed by atoms with van der Waals surface area (Å²) in [5, 5.41) is 4.54. The van der Waals surface area contributed by atoms with Crippen molar-refractivity contribution in [2.24, 2.45) is 11.1 Å². The van der Waals surface area contributed by atoms with Gasteiger partial charge in [-0.1, -0.05) is 32.7 Å². The third-order valence-electron chi connectivity index (χ3n) is 5.93. The molecule has 27 heavy (non-hydrogen) atoms. The average molecular weight is 514 g/mol. The Hall–Kier alpha value is -0.820. The summed E-state index contributed by atoms with van der Waals surface area (Å²) >= 11 is 13.6. The first-order valence-corrected chi connectivity index (χ1v) is 11.1. The lowest BCUT2D eigenvalue weighted by Gasteiger charge is -2.40. The molecule has 1 aromatic heterocycles. The predicted octanol–water partition coefficient (Wildman–Crippen LogP) is 5.71. The number of fused-ring (bicyclic) bond motifs is 2. The summed E-state index contributed by atoms with van der Waals surface area (Å²) in [7, 11) is 2.12. The van der Waals surface area contributed by atoms with Crippen molar-refractivity contribution in [2.45, 2.75) is 31.2 Å². The predicted molar refractivity (Wildman–Crippen MR) is 115 cm³/mol. The molecule has 1 aliphatic carbocycles. The summed E-state index contributed by atoms with van der Waals surface area (Å²) in [5.74, 6) is 0.105. The second kappa shape index (κ2) is 7.54. The third kappa shape index (κ3) is 3.28. The molecule has 2 heterocycles. The van der Waals surface area contributed by atoms with Gasteiger partial charge in [0, 0.05) is 31.6 Å². The molecular weight excluding hydrogens is 494 g/mol. The van der Waals surface area contributed by atoms with E-state index >= 15 is 0 Å². The van der Waals surface area contributed by atoms with Gasteiger partial charge in [-0.25, -0.2) is 0 Å². The fraction of sp³-hybridized carbons (Fsp3) is 0.450. The van der Waals surface area contributed by atoms with E-state index < -0.39 is 5.54 Å². The summed E-state index contributed by atoms with van der Waals surface area (Å²) in [6, 6.07) is 5.94. The van der Waals surface area contributed by atoms with Crippen molar-refractivity contribution in [1.82, 2.24) is 9.88 Å². The average Bonchev–Trinajstić information content (AvgIpc) is 2.77. The molecule has 1 fully saturated rings. The Bertz CT molecular complexity index is 899. The number of likely N-dealkylation sites (tertiary alicyclic amines) is 1. The minimum absolute atomic E-state index is 0.105. The number of aryl methyl sites for hydroxylation is 2. The molecule has 1 saturated heterocycles. The number of piperidine rings is 1. The molecule has 0 saturated carbocycles. The fourth-order valence-corrected chi connectivity index (χ4v) is 6.20. The van der Waals surface area contributed by atoms with Crippen molar-refractivity contribution in [1.29, 1.82) is 0 Å². The van der Waals surface area contributed by atoms with Gasteiger partial charge in [0.05, 0.1) is 5.69 Å². The van der Waals surface area contributed by atoms with Gasteiger partial charge in [-0.15, -0.1) is 4.91 Å². The number of rotatable bonds is 2. The second-order valence-corrected chi connectivity index (χ2v) is 9.72. The molecule has 1 aromatic carbocycles. The minimum atomic E-state index is -0.994. The topological polar surface area (TPSA) is 45.6 Å². The summed E-state index contributed by atoms with van der Waals surface area (Å²) in [5.41, 5.74) is 2.93. The van der Waals surface area contributed by atoms with Crippen molar-refractivity contribution in [3.63, 3.8) is 0 Å². The maximum atomic E-state index is 12.7. The molecule has 0 spiro atoms.